The van der Waals surface area contributed by atoms with Gasteiger partial charge in [-0.2, -0.15) is 21.6 Å². The fourth-order valence-corrected chi connectivity index (χ4v) is 2.36. The highest BCUT2D eigenvalue weighted by Gasteiger charge is 2.49. The quantitative estimate of drug-likeness (QED) is 0.245. The van der Waals surface area contributed by atoms with Crippen molar-refractivity contribution in [3.63, 3.8) is 0 Å². The summed E-state index contributed by atoms with van der Waals surface area (Å²) in [7, 11) is -5.93. The molecule has 0 saturated heterocycles. The molecule has 0 aliphatic carbocycles. The Bertz CT molecular complexity index is 701. The Balaban J connectivity index is 2.92. The van der Waals surface area contributed by atoms with Gasteiger partial charge in [-0.15, -0.1) is 0 Å². The molecule has 0 aromatic heterocycles. The van der Waals surface area contributed by atoms with Gasteiger partial charge < -0.3 is 13.7 Å². The molecule has 0 radical (unpaired) electrons. The van der Waals surface area contributed by atoms with Crippen LogP contribution in [0.15, 0.2) is 12.1 Å². The third kappa shape index (κ3) is 6.17. The number of hydrogen-bond acceptors (Lipinski definition) is 6. The van der Waals surface area contributed by atoms with Crippen LogP contribution in [-0.2, 0) is 14.9 Å². The molecule has 6 nitrogen and oxygen atoms in total. The molecule has 0 saturated carbocycles. The molecule has 0 N–H and O–H groups in total. The van der Waals surface area contributed by atoms with E-state index in [2.05, 4.69) is 4.18 Å². The third-order valence-electron chi connectivity index (χ3n) is 3.26. The second kappa shape index (κ2) is 9.77. The lowest BCUT2D eigenvalue weighted by Crippen LogP contribution is -2.28. The summed E-state index contributed by atoms with van der Waals surface area (Å²) in [5.74, 6) is -1.000. The predicted octanol–water partition coefficient (Wildman–Crippen LogP) is 3.62. The van der Waals surface area contributed by atoms with Crippen LogP contribution in [0.2, 0.25) is 0 Å². The molecule has 0 amide bonds. The molecule has 0 aliphatic rings. The number of aryl methyl sites for hydroxylation is 1. The molecular weight excluding hydrogens is 377 g/mol. The summed E-state index contributed by atoms with van der Waals surface area (Å²) in [4.78, 5) is 11.1. The van der Waals surface area contributed by atoms with Gasteiger partial charge in [-0.05, 0) is 25.0 Å². The lowest BCUT2D eigenvalue weighted by Gasteiger charge is -2.17. The Morgan fingerprint density at radius 1 is 1.08 bits per heavy atom. The van der Waals surface area contributed by atoms with Crippen molar-refractivity contribution in [2.75, 3.05) is 19.8 Å². The Morgan fingerprint density at radius 3 is 2.31 bits per heavy atom. The second-order valence-electron chi connectivity index (χ2n) is 5.40. The van der Waals surface area contributed by atoms with Crippen LogP contribution in [0, 0.1) is 6.92 Å². The van der Waals surface area contributed by atoms with E-state index in [0.29, 0.717) is 25.2 Å². The minimum atomic E-state index is -5.93. The van der Waals surface area contributed by atoms with Gasteiger partial charge in [0.15, 0.2) is 17.8 Å². The topological polar surface area (TPSA) is 78.9 Å². The summed E-state index contributed by atoms with van der Waals surface area (Å²) >= 11 is 0. The van der Waals surface area contributed by atoms with Gasteiger partial charge in [0.05, 0.1) is 12.2 Å². The number of halogens is 3. The SMILES string of the molecule is CCCCOCCCOc1c(C)ccc(C=O)c1OS(=O)(=O)C(F)(F)F. The van der Waals surface area contributed by atoms with Crippen LogP contribution in [0.25, 0.3) is 0 Å². The summed E-state index contributed by atoms with van der Waals surface area (Å²) in [5.41, 5.74) is -5.66. The van der Waals surface area contributed by atoms with Crippen LogP contribution in [0.4, 0.5) is 13.2 Å². The van der Waals surface area contributed by atoms with Crippen LogP contribution in [0.1, 0.15) is 42.1 Å². The summed E-state index contributed by atoms with van der Waals surface area (Å²) in [5, 5.41) is 0. The van der Waals surface area contributed by atoms with Crippen molar-refractivity contribution in [1.29, 1.82) is 0 Å². The molecule has 0 aliphatic heterocycles. The highest BCUT2D eigenvalue weighted by atomic mass is 32.2. The average molecular weight is 398 g/mol. The maximum absolute atomic E-state index is 12.6. The van der Waals surface area contributed by atoms with Crippen molar-refractivity contribution in [3.05, 3.63) is 23.3 Å². The molecular formula is C16H21F3O6S. The molecule has 10 heteroatoms. The van der Waals surface area contributed by atoms with Crippen molar-refractivity contribution < 1.29 is 40.0 Å². The predicted molar refractivity (Wildman–Crippen MR) is 88.0 cm³/mol. The summed E-state index contributed by atoms with van der Waals surface area (Å²) in [6.45, 7) is 4.54. The Labute approximate surface area is 150 Å². The van der Waals surface area contributed by atoms with Crippen LogP contribution < -0.4 is 8.92 Å². The van der Waals surface area contributed by atoms with E-state index in [4.69, 9.17) is 9.47 Å². The molecule has 1 rings (SSSR count). The van der Waals surface area contributed by atoms with Gasteiger partial charge in [0.1, 0.15) is 0 Å². The average Bonchev–Trinajstić information content (AvgIpc) is 2.55. The fraction of sp³-hybridized carbons (Fsp3) is 0.562. The lowest BCUT2D eigenvalue weighted by molar-refractivity contribution is -0.0500. The first kappa shape index (κ1) is 22.2. The van der Waals surface area contributed by atoms with Gasteiger partial charge in [-0.3, -0.25) is 4.79 Å². The molecule has 1 aromatic carbocycles. The Kier molecular flexibility index (Phi) is 8.35. The standard InChI is InChI=1S/C16H21F3O6S/c1-3-4-8-23-9-5-10-24-14-12(2)6-7-13(11-20)15(14)25-26(21,22)16(17,18)19/h6-7,11H,3-5,8-10H2,1-2H3. The number of rotatable bonds is 11. The van der Waals surface area contributed by atoms with Crippen LogP contribution in [-0.4, -0.2) is 40.0 Å². The number of benzene rings is 1. The van der Waals surface area contributed by atoms with Crippen molar-refractivity contribution in [2.45, 2.75) is 38.6 Å². The monoisotopic (exact) mass is 398 g/mol. The Morgan fingerprint density at radius 2 is 1.73 bits per heavy atom. The van der Waals surface area contributed by atoms with Crippen molar-refractivity contribution >= 4 is 16.4 Å². The van der Waals surface area contributed by atoms with Crippen LogP contribution >= 0.6 is 0 Å². The number of alkyl halides is 3. The zero-order chi connectivity index (χ0) is 19.8. The van der Waals surface area contributed by atoms with E-state index in [9.17, 15) is 26.4 Å². The van der Waals surface area contributed by atoms with E-state index in [1.165, 1.54) is 13.0 Å². The van der Waals surface area contributed by atoms with Crippen molar-refractivity contribution in [3.8, 4) is 11.5 Å². The molecule has 26 heavy (non-hydrogen) atoms. The number of hydrogen-bond donors (Lipinski definition) is 0. The third-order valence-corrected chi connectivity index (χ3v) is 4.22. The van der Waals surface area contributed by atoms with E-state index < -0.39 is 21.4 Å². The molecule has 0 unspecified atom stereocenters. The largest absolute Gasteiger partial charge is 0.534 e. The second-order valence-corrected chi connectivity index (χ2v) is 6.94. The lowest BCUT2D eigenvalue weighted by atomic mass is 10.1. The first-order chi connectivity index (χ1) is 12.1. The number of aldehydes is 1. The molecule has 0 fully saturated rings. The van der Waals surface area contributed by atoms with Crippen molar-refractivity contribution in [1.82, 2.24) is 0 Å². The molecule has 0 heterocycles. The van der Waals surface area contributed by atoms with Gasteiger partial charge in [-0.25, -0.2) is 0 Å². The highest BCUT2D eigenvalue weighted by Crippen LogP contribution is 2.37. The Hall–Kier alpha value is -1.81. The normalized spacial score (nSPS) is 12.0. The van der Waals surface area contributed by atoms with E-state index in [-0.39, 0.29) is 24.2 Å². The number of carbonyl (C=O) groups excluding carboxylic acids is 1. The zero-order valence-electron chi connectivity index (χ0n) is 14.5. The molecule has 0 atom stereocenters. The summed E-state index contributed by atoms with van der Waals surface area (Å²) < 4.78 is 75.2. The van der Waals surface area contributed by atoms with Gasteiger partial charge in [0, 0.05) is 19.6 Å². The summed E-state index contributed by atoms with van der Waals surface area (Å²) in [6.07, 6.45) is 2.53. The molecule has 148 valence electrons. The highest BCUT2D eigenvalue weighted by molar-refractivity contribution is 7.88. The van der Waals surface area contributed by atoms with E-state index >= 15 is 0 Å². The van der Waals surface area contributed by atoms with Crippen LogP contribution in [0.5, 0.6) is 11.5 Å². The zero-order valence-corrected chi connectivity index (χ0v) is 15.3. The number of carbonyl (C=O) groups is 1. The molecule has 0 spiro atoms. The number of unbranched alkanes of at least 4 members (excludes halogenated alkanes) is 1. The number of ether oxygens (including phenoxy) is 2. The van der Waals surface area contributed by atoms with E-state index in [0.717, 1.165) is 18.9 Å². The first-order valence-corrected chi connectivity index (χ1v) is 9.35. The van der Waals surface area contributed by atoms with Gasteiger partial charge in [0.25, 0.3) is 0 Å². The van der Waals surface area contributed by atoms with Gasteiger partial charge >= 0.3 is 15.6 Å². The van der Waals surface area contributed by atoms with Gasteiger partial charge in [-0.1, -0.05) is 19.4 Å². The minimum Gasteiger partial charge on any atom is -0.489 e. The van der Waals surface area contributed by atoms with E-state index in [1.807, 2.05) is 6.92 Å². The first-order valence-electron chi connectivity index (χ1n) is 7.94. The van der Waals surface area contributed by atoms with Crippen molar-refractivity contribution in [2.24, 2.45) is 0 Å². The van der Waals surface area contributed by atoms with Crippen LogP contribution in [0.3, 0.4) is 0 Å². The maximum Gasteiger partial charge on any atom is 0.534 e. The molecule has 0 bridgehead atoms. The maximum atomic E-state index is 12.6. The summed E-state index contributed by atoms with van der Waals surface area (Å²) in [6, 6.07) is 2.58. The van der Waals surface area contributed by atoms with Gasteiger partial charge in [0.2, 0.25) is 0 Å². The molecule has 1 aromatic rings. The van der Waals surface area contributed by atoms with E-state index in [1.54, 1.807) is 0 Å². The fourth-order valence-electron chi connectivity index (χ4n) is 1.88. The smallest absolute Gasteiger partial charge is 0.489 e. The minimum absolute atomic E-state index is 0.0533.